The van der Waals surface area contributed by atoms with Gasteiger partial charge in [0.05, 0.1) is 35.6 Å². The fraction of sp³-hybridized carbons (Fsp3) is 0.240. The van der Waals surface area contributed by atoms with Crippen molar-refractivity contribution in [1.82, 2.24) is 4.57 Å². The minimum absolute atomic E-state index is 0.179. The van der Waals surface area contributed by atoms with Gasteiger partial charge in [-0.05, 0) is 55.3 Å². The summed E-state index contributed by atoms with van der Waals surface area (Å²) in [4.78, 5) is 31.7. The molecule has 1 atom stereocenters. The molecule has 5 rings (SSSR count). The number of rotatable bonds is 5. The summed E-state index contributed by atoms with van der Waals surface area (Å²) in [6, 6.07) is 12.1. The Labute approximate surface area is 199 Å². The number of benzene rings is 2. The summed E-state index contributed by atoms with van der Waals surface area (Å²) in [7, 11) is 1.59. The van der Waals surface area contributed by atoms with Crippen LogP contribution in [0.5, 0.6) is 17.2 Å². The zero-order valence-corrected chi connectivity index (χ0v) is 19.7. The number of allylic oxidation sites excluding steroid dienone is 1. The molecule has 2 aliphatic heterocycles. The topological polar surface area (TPSA) is 88.4 Å². The third-order valence-electron chi connectivity index (χ3n) is 5.64. The minimum atomic E-state index is -0.667. The van der Waals surface area contributed by atoms with Gasteiger partial charge in [-0.25, -0.2) is 9.79 Å². The maximum atomic E-state index is 13.6. The van der Waals surface area contributed by atoms with E-state index in [0.717, 1.165) is 11.1 Å². The molecule has 3 heterocycles. The highest BCUT2D eigenvalue weighted by molar-refractivity contribution is 7.07. The molecule has 0 fully saturated rings. The van der Waals surface area contributed by atoms with Crippen molar-refractivity contribution in [2.75, 3.05) is 20.5 Å². The fourth-order valence-corrected chi connectivity index (χ4v) is 5.09. The molecule has 0 aliphatic carbocycles. The van der Waals surface area contributed by atoms with Gasteiger partial charge in [0.25, 0.3) is 5.56 Å². The highest BCUT2D eigenvalue weighted by Gasteiger charge is 2.33. The van der Waals surface area contributed by atoms with Crippen molar-refractivity contribution in [1.29, 1.82) is 0 Å². The van der Waals surface area contributed by atoms with Crippen molar-refractivity contribution in [3.8, 4) is 17.2 Å². The van der Waals surface area contributed by atoms with Crippen LogP contribution in [0.15, 0.2) is 63.5 Å². The zero-order valence-electron chi connectivity index (χ0n) is 18.9. The highest BCUT2D eigenvalue weighted by Crippen LogP contribution is 2.33. The van der Waals surface area contributed by atoms with Gasteiger partial charge < -0.3 is 18.9 Å². The number of thiazole rings is 1. The van der Waals surface area contributed by atoms with Gasteiger partial charge in [0.1, 0.15) is 5.75 Å². The van der Waals surface area contributed by atoms with Crippen molar-refractivity contribution in [2.45, 2.75) is 19.9 Å². The standard InChI is InChI=1S/C25H22N2O6S/c1-4-31-24(29)21-14(2)26-25-27(22(21)16-6-8-17(30-3)9-7-16)23(28)20(34-25)12-15-5-10-18-19(11-15)33-13-32-18/h5-12,22H,4,13H2,1-3H3/b20-12+/t22-/m1/s1. The predicted octanol–water partition coefficient (Wildman–Crippen LogP) is 2.54. The summed E-state index contributed by atoms with van der Waals surface area (Å²) in [5.74, 6) is 1.50. The third-order valence-corrected chi connectivity index (χ3v) is 6.63. The summed E-state index contributed by atoms with van der Waals surface area (Å²) >= 11 is 1.27. The SMILES string of the molecule is CCOC(=O)C1=C(C)N=c2s/c(=C/c3ccc4c(c3)OCO4)c(=O)n2[C@@H]1c1ccc(OC)cc1. The van der Waals surface area contributed by atoms with Crippen LogP contribution in [0.2, 0.25) is 0 Å². The van der Waals surface area contributed by atoms with Gasteiger partial charge in [-0.1, -0.05) is 29.5 Å². The Morgan fingerprint density at radius 3 is 2.71 bits per heavy atom. The number of hydrogen-bond acceptors (Lipinski definition) is 8. The average molecular weight is 479 g/mol. The van der Waals surface area contributed by atoms with E-state index in [9.17, 15) is 9.59 Å². The summed E-state index contributed by atoms with van der Waals surface area (Å²) in [5, 5.41) is 0. The molecule has 0 N–H and O–H groups in total. The smallest absolute Gasteiger partial charge is 0.338 e. The Morgan fingerprint density at radius 1 is 1.21 bits per heavy atom. The Morgan fingerprint density at radius 2 is 1.97 bits per heavy atom. The van der Waals surface area contributed by atoms with E-state index in [1.807, 2.05) is 30.3 Å². The quantitative estimate of drug-likeness (QED) is 0.524. The molecule has 0 saturated carbocycles. The number of nitrogens with zero attached hydrogens (tertiary/aromatic N) is 2. The number of fused-ring (bicyclic) bond motifs is 2. The number of aromatic nitrogens is 1. The van der Waals surface area contributed by atoms with E-state index in [1.165, 1.54) is 11.3 Å². The number of hydrogen-bond donors (Lipinski definition) is 0. The molecule has 174 valence electrons. The third kappa shape index (κ3) is 3.77. The summed E-state index contributed by atoms with van der Waals surface area (Å²) < 4.78 is 23.5. The lowest BCUT2D eigenvalue weighted by atomic mass is 9.96. The van der Waals surface area contributed by atoms with Crippen LogP contribution in [0, 0.1) is 0 Å². The van der Waals surface area contributed by atoms with Gasteiger partial charge >= 0.3 is 5.97 Å². The molecule has 0 unspecified atom stereocenters. The predicted molar refractivity (Wildman–Crippen MR) is 126 cm³/mol. The van der Waals surface area contributed by atoms with Crippen LogP contribution in [0.3, 0.4) is 0 Å². The number of carbonyl (C=O) groups is 1. The van der Waals surface area contributed by atoms with Crippen molar-refractivity contribution in [3.05, 3.63) is 84.5 Å². The van der Waals surface area contributed by atoms with Gasteiger partial charge in [-0.15, -0.1) is 0 Å². The molecule has 0 amide bonds. The second kappa shape index (κ2) is 8.83. The maximum absolute atomic E-state index is 13.6. The van der Waals surface area contributed by atoms with E-state index in [1.54, 1.807) is 43.7 Å². The first kappa shape index (κ1) is 22.0. The molecule has 0 spiro atoms. The largest absolute Gasteiger partial charge is 0.497 e. The molecule has 0 radical (unpaired) electrons. The Kier molecular flexibility index (Phi) is 5.70. The molecular weight excluding hydrogens is 456 g/mol. The van der Waals surface area contributed by atoms with E-state index < -0.39 is 12.0 Å². The van der Waals surface area contributed by atoms with Gasteiger partial charge in [-0.3, -0.25) is 9.36 Å². The second-order valence-electron chi connectivity index (χ2n) is 7.69. The van der Waals surface area contributed by atoms with Crippen molar-refractivity contribution >= 4 is 23.4 Å². The number of esters is 1. The van der Waals surface area contributed by atoms with Crippen molar-refractivity contribution in [2.24, 2.45) is 4.99 Å². The zero-order chi connectivity index (χ0) is 23.8. The Balaban J connectivity index is 1.68. The molecule has 0 bridgehead atoms. The average Bonchev–Trinajstić information content (AvgIpc) is 3.42. The van der Waals surface area contributed by atoms with Gasteiger partial charge in [0.2, 0.25) is 6.79 Å². The maximum Gasteiger partial charge on any atom is 0.338 e. The number of ether oxygens (including phenoxy) is 4. The van der Waals surface area contributed by atoms with Crippen LogP contribution >= 0.6 is 11.3 Å². The van der Waals surface area contributed by atoms with E-state index in [-0.39, 0.29) is 19.0 Å². The summed E-state index contributed by atoms with van der Waals surface area (Å²) in [6.07, 6.45) is 1.79. The van der Waals surface area contributed by atoms with Crippen molar-refractivity contribution < 1.29 is 23.7 Å². The Hall–Kier alpha value is -3.85. The molecule has 2 aliphatic rings. The lowest BCUT2D eigenvalue weighted by Crippen LogP contribution is -2.39. The van der Waals surface area contributed by atoms with Crippen LogP contribution in [0.25, 0.3) is 6.08 Å². The van der Waals surface area contributed by atoms with Crippen LogP contribution in [-0.2, 0) is 9.53 Å². The highest BCUT2D eigenvalue weighted by atomic mass is 32.1. The number of methoxy groups -OCH3 is 1. The lowest BCUT2D eigenvalue weighted by Gasteiger charge is -2.24. The fourth-order valence-electron chi connectivity index (χ4n) is 4.05. The molecule has 9 heteroatoms. The molecule has 0 saturated heterocycles. The van der Waals surface area contributed by atoms with Gasteiger partial charge in [0.15, 0.2) is 16.3 Å². The molecule has 8 nitrogen and oxygen atoms in total. The van der Waals surface area contributed by atoms with Crippen LogP contribution in [-0.4, -0.2) is 31.0 Å². The lowest BCUT2D eigenvalue weighted by molar-refractivity contribution is -0.139. The molecule has 1 aromatic heterocycles. The van der Waals surface area contributed by atoms with Gasteiger partial charge in [-0.2, -0.15) is 0 Å². The summed E-state index contributed by atoms with van der Waals surface area (Å²) in [5.41, 5.74) is 2.19. The van der Waals surface area contributed by atoms with E-state index in [4.69, 9.17) is 18.9 Å². The molecular formula is C25H22N2O6S. The van der Waals surface area contributed by atoms with Crippen LogP contribution in [0.4, 0.5) is 0 Å². The molecule has 3 aromatic rings. The normalized spacial score (nSPS) is 16.8. The van der Waals surface area contributed by atoms with Crippen LogP contribution in [0.1, 0.15) is 31.0 Å². The molecule has 2 aromatic carbocycles. The number of carbonyl (C=O) groups excluding carboxylic acids is 1. The van der Waals surface area contributed by atoms with E-state index in [0.29, 0.717) is 37.9 Å². The van der Waals surface area contributed by atoms with E-state index in [2.05, 4.69) is 4.99 Å². The summed E-state index contributed by atoms with van der Waals surface area (Å²) in [6.45, 7) is 3.91. The first-order valence-electron chi connectivity index (χ1n) is 10.7. The Bertz CT molecular complexity index is 1480. The first-order valence-corrected chi connectivity index (χ1v) is 11.5. The molecule has 34 heavy (non-hydrogen) atoms. The monoisotopic (exact) mass is 478 g/mol. The van der Waals surface area contributed by atoms with E-state index >= 15 is 0 Å². The van der Waals surface area contributed by atoms with Crippen LogP contribution < -0.4 is 29.1 Å². The second-order valence-corrected chi connectivity index (χ2v) is 8.70. The minimum Gasteiger partial charge on any atom is -0.497 e. The van der Waals surface area contributed by atoms with Gasteiger partial charge in [0, 0.05) is 0 Å². The van der Waals surface area contributed by atoms with Crippen molar-refractivity contribution in [3.63, 3.8) is 0 Å². The first-order chi connectivity index (χ1) is 16.5.